The van der Waals surface area contributed by atoms with Gasteiger partial charge in [0.05, 0.1) is 16.4 Å². The van der Waals surface area contributed by atoms with Gasteiger partial charge in [0.25, 0.3) is 16.8 Å². The van der Waals surface area contributed by atoms with Crippen molar-refractivity contribution in [1.82, 2.24) is 9.47 Å². The first-order valence-electron chi connectivity index (χ1n) is 11.4. The summed E-state index contributed by atoms with van der Waals surface area (Å²) in [5.74, 6) is -1.18. The van der Waals surface area contributed by atoms with Crippen LogP contribution in [-0.4, -0.2) is 31.4 Å². The Morgan fingerprint density at radius 1 is 1.03 bits per heavy atom. The summed E-state index contributed by atoms with van der Waals surface area (Å²) < 4.78 is 14.9. The number of benzene rings is 3. The molecule has 1 aliphatic rings. The second-order valence-electron chi connectivity index (χ2n) is 8.48. The molecule has 0 aliphatic carbocycles. The van der Waals surface area contributed by atoms with Crippen molar-refractivity contribution >= 4 is 57.2 Å². The minimum absolute atomic E-state index is 0.00861. The van der Waals surface area contributed by atoms with E-state index in [9.17, 15) is 28.9 Å². The third-order valence-electron chi connectivity index (χ3n) is 5.91. The van der Waals surface area contributed by atoms with Gasteiger partial charge in [0.1, 0.15) is 12.4 Å². The highest BCUT2D eigenvalue weighted by Gasteiger charge is 2.35. The number of halogens is 1. The van der Waals surface area contributed by atoms with E-state index >= 15 is 0 Å². The van der Waals surface area contributed by atoms with Crippen LogP contribution >= 0.6 is 11.8 Å². The zero-order valence-corrected chi connectivity index (χ0v) is 20.5. The molecular weight excluding hydrogens is 511 g/mol. The number of imide groups is 1. The highest BCUT2D eigenvalue weighted by molar-refractivity contribution is 8.18. The van der Waals surface area contributed by atoms with E-state index in [4.69, 9.17) is 0 Å². The van der Waals surface area contributed by atoms with Crippen LogP contribution in [0, 0.1) is 15.9 Å². The van der Waals surface area contributed by atoms with Gasteiger partial charge in [-0.1, -0.05) is 30.3 Å². The molecule has 5 rings (SSSR count). The Morgan fingerprint density at radius 3 is 2.45 bits per heavy atom. The van der Waals surface area contributed by atoms with Gasteiger partial charge in [-0.3, -0.25) is 29.4 Å². The molecule has 0 unspecified atom stereocenters. The molecule has 4 aromatic rings. The van der Waals surface area contributed by atoms with Crippen LogP contribution in [0.1, 0.15) is 11.1 Å². The normalized spacial score (nSPS) is 14.4. The van der Waals surface area contributed by atoms with Gasteiger partial charge in [0.15, 0.2) is 0 Å². The third-order valence-corrected chi connectivity index (χ3v) is 6.82. The number of para-hydroxylation sites is 1. The van der Waals surface area contributed by atoms with Crippen molar-refractivity contribution in [3.8, 4) is 0 Å². The number of amides is 3. The fourth-order valence-corrected chi connectivity index (χ4v) is 4.92. The molecule has 3 aromatic carbocycles. The van der Waals surface area contributed by atoms with Crippen molar-refractivity contribution in [2.45, 2.75) is 13.1 Å². The van der Waals surface area contributed by atoms with E-state index in [2.05, 4.69) is 5.32 Å². The Kier molecular flexibility index (Phi) is 6.75. The molecule has 1 fully saturated rings. The van der Waals surface area contributed by atoms with Crippen LogP contribution in [0.25, 0.3) is 17.0 Å². The summed E-state index contributed by atoms with van der Waals surface area (Å²) >= 11 is 0.810. The minimum Gasteiger partial charge on any atom is -0.337 e. The third kappa shape index (κ3) is 5.18. The van der Waals surface area contributed by atoms with Gasteiger partial charge in [-0.05, 0) is 53.7 Å². The largest absolute Gasteiger partial charge is 0.337 e. The quantitative estimate of drug-likeness (QED) is 0.190. The number of thioether (sulfide) groups is 1. The van der Waals surface area contributed by atoms with Gasteiger partial charge in [0, 0.05) is 40.5 Å². The molecule has 0 saturated carbocycles. The summed E-state index contributed by atoms with van der Waals surface area (Å²) in [6.07, 6.45) is 3.36. The number of anilines is 1. The molecule has 1 saturated heterocycles. The minimum atomic E-state index is -0.518. The molecule has 1 N–H and O–H groups in total. The average molecular weight is 531 g/mol. The number of nitrogens with one attached hydrogen (secondary N) is 1. The molecular formula is C27H19FN4O5S. The molecule has 0 spiro atoms. The predicted molar refractivity (Wildman–Crippen MR) is 142 cm³/mol. The smallest absolute Gasteiger partial charge is 0.293 e. The molecule has 0 radical (unpaired) electrons. The number of hydrogen-bond acceptors (Lipinski definition) is 6. The SMILES string of the molecule is O=C(Cn1cc(/C=C2\SC(=O)N(Cc3ccc([N+](=O)[O-])cc3)C2=O)c2ccccc21)Nc1ccc(F)cc1. The maximum Gasteiger partial charge on any atom is 0.293 e. The maximum absolute atomic E-state index is 13.1. The van der Waals surface area contributed by atoms with Crippen molar-refractivity contribution in [3.63, 3.8) is 0 Å². The highest BCUT2D eigenvalue weighted by atomic mass is 32.2. The van der Waals surface area contributed by atoms with Crippen molar-refractivity contribution in [3.05, 3.63) is 111 Å². The van der Waals surface area contributed by atoms with E-state index in [-0.39, 0.29) is 29.6 Å². The molecule has 38 heavy (non-hydrogen) atoms. The number of hydrogen-bond donors (Lipinski definition) is 1. The van der Waals surface area contributed by atoms with Crippen molar-refractivity contribution in [2.24, 2.45) is 0 Å². The average Bonchev–Trinajstić information content (AvgIpc) is 3.37. The van der Waals surface area contributed by atoms with Crippen LogP contribution in [-0.2, 0) is 22.7 Å². The Bertz CT molecular complexity index is 1610. The summed E-state index contributed by atoms with van der Waals surface area (Å²) in [5.41, 5.74) is 2.40. The van der Waals surface area contributed by atoms with Crippen molar-refractivity contribution in [1.29, 1.82) is 0 Å². The summed E-state index contributed by atoms with van der Waals surface area (Å²) in [7, 11) is 0. The van der Waals surface area contributed by atoms with Gasteiger partial charge in [-0.15, -0.1) is 0 Å². The molecule has 1 aromatic heterocycles. The summed E-state index contributed by atoms with van der Waals surface area (Å²) in [5, 5.41) is 13.9. The van der Waals surface area contributed by atoms with Crippen LogP contribution in [0.2, 0.25) is 0 Å². The molecule has 2 heterocycles. The Balaban J connectivity index is 1.36. The monoisotopic (exact) mass is 530 g/mol. The van der Waals surface area contributed by atoms with Crippen molar-refractivity contribution < 1.29 is 23.7 Å². The lowest BCUT2D eigenvalue weighted by Gasteiger charge is -2.12. The molecule has 1 aliphatic heterocycles. The lowest BCUT2D eigenvalue weighted by Crippen LogP contribution is -2.27. The lowest BCUT2D eigenvalue weighted by atomic mass is 10.1. The molecule has 9 nitrogen and oxygen atoms in total. The molecule has 3 amide bonds. The fourth-order valence-electron chi connectivity index (χ4n) is 4.09. The molecule has 190 valence electrons. The summed E-state index contributed by atoms with van der Waals surface area (Å²) in [6, 6.07) is 18.5. The van der Waals surface area contributed by atoms with Gasteiger partial charge in [-0.25, -0.2) is 4.39 Å². The van der Waals surface area contributed by atoms with E-state index in [1.54, 1.807) is 16.8 Å². The van der Waals surface area contributed by atoms with Crippen LogP contribution in [0.15, 0.2) is 83.9 Å². The van der Waals surface area contributed by atoms with Crippen LogP contribution in [0.3, 0.4) is 0 Å². The Morgan fingerprint density at radius 2 is 1.74 bits per heavy atom. The number of non-ortho nitro benzene ring substituents is 1. The molecule has 11 heteroatoms. The van der Waals surface area contributed by atoms with Crippen molar-refractivity contribution in [2.75, 3.05) is 5.32 Å². The number of carbonyl (C=O) groups excluding carboxylic acids is 3. The first kappa shape index (κ1) is 24.9. The first-order chi connectivity index (χ1) is 18.3. The second kappa shape index (κ2) is 10.3. The van der Waals surface area contributed by atoms with Crippen LogP contribution in [0.4, 0.5) is 20.6 Å². The zero-order chi connectivity index (χ0) is 26.8. The fraction of sp³-hybridized carbons (Fsp3) is 0.0741. The number of nitro groups is 1. The molecule has 0 atom stereocenters. The van der Waals surface area contributed by atoms with Gasteiger partial charge >= 0.3 is 0 Å². The summed E-state index contributed by atoms with van der Waals surface area (Å²) in [4.78, 5) is 50.0. The Hall–Kier alpha value is -4.77. The number of carbonyl (C=O) groups is 3. The van der Waals surface area contributed by atoms with E-state index < -0.39 is 21.9 Å². The highest BCUT2D eigenvalue weighted by Crippen LogP contribution is 2.35. The van der Waals surface area contributed by atoms with Gasteiger partial charge in [-0.2, -0.15) is 0 Å². The van der Waals surface area contributed by atoms with Gasteiger partial charge in [0.2, 0.25) is 5.91 Å². The number of rotatable bonds is 7. The standard InChI is InChI=1S/C27H19FN4O5S/c28-19-7-9-20(10-8-19)29-25(33)16-30-15-18(22-3-1-2-4-23(22)30)13-24-26(34)31(27(35)38-24)14-17-5-11-21(12-6-17)32(36)37/h1-13,15H,14,16H2,(H,29,33)/b24-13-. The number of aromatic nitrogens is 1. The topological polar surface area (TPSA) is 115 Å². The number of nitrogens with zero attached hydrogens (tertiary/aromatic N) is 3. The second-order valence-corrected chi connectivity index (χ2v) is 9.47. The summed E-state index contributed by atoms with van der Waals surface area (Å²) in [6.45, 7) is -0.0291. The first-order valence-corrected chi connectivity index (χ1v) is 12.2. The van der Waals surface area contributed by atoms with Crippen LogP contribution < -0.4 is 5.32 Å². The maximum atomic E-state index is 13.1. The molecule has 0 bridgehead atoms. The predicted octanol–water partition coefficient (Wildman–Crippen LogP) is 5.56. The zero-order valence-electron chi connectivity index (χ0n) is 19.7. The van der Waals surface area contributed by atoms with E-state index in [0.29, 0.717) is 16.8 Å². The van der Waals surface area contributed by atoms with Crippen LogP contribution in [0.5, 0.6) is 0 Å². The lowest BCUT2D eigenvalue weighted by molar-refractivity contribution is -0.384. The van der Waals surface area contributed by atoms with E-state index in [1.165, 1.54) is 48.5 Å². The Labute approximate surface area is 219 Å². The number of fused-ring (bicyclic) bond motifs is 1. The number of nitro benzene ring substituents is 1. The van der Waals surface area contributed by atoms with Gasteiger partial charge < -0.3 is 9.88 Å². The van der Waals surface area contributed by atoms with E-state index in [0.717, 1.165) is 27.6 Å². The van der Waals surface area contributed by atoms with E-state index in [1.807, 2.05) is 24.3 Å².